The highest BCUT2D eigenvalue weighted by atomic mass is 35.5. The van der Waals surface area contributed by atoms with Gasteiger partial charge in [0.2, 0.25) is 5.95 Å². The summed E-state index contributed by atoms with van der Waals surface area (Å²) in [6.45, 7) is 2.77. The molecule has 1 unspecified atom stereocenters. The van der Waals surface area contributed by atoms with Crippen LogP contribution in [0.5, 0.6) is 5.75 Å². The first-order valence-electron chi connectivity index (χ1n) is 11.4. The second-order valence-corrected chi connectivity index (χ2v) is 8.80. The van der Waals surface area contributed by atoms with Gasteiger partial charge < -0.3 is 15.0 Å². The molecule has 1 aliphatic carbocycles. The summed E-state index contributed by atoms with van der Waals surface area (Å²) >= 11 is 0. The van der Waals surface area contributed by atoms with E-state index in [4.69, 9.17) is 14.7 Å². The minimum atomic E-state index is -0.260. The molecule has 6 rings (SSSR count). The maximum Gasteiger partial charge on any atom is 0.229 e. The quantitative estimate of drug-likeness (QED) is 0.374. The van der Waals surface area contributed by atoms with E-state index >= 15 is 0 Å². The first kappa shape index (κ1) is 22.4. The Balaban J connectivity index is 0.00000241. The molecule has 4 aromatic rings. The van der Waals surface area contributed by atoms with E-state index in [1.54, 1.807) is 13.2 Å². The average Bonchev–Trinajstić information content (AvgIpc) is 3.26. The normalized spacial score (nSPS) is 16.2. The van der Waals surface area contributed by atoms with Crippen molar-refractivity contribution in [2.45, 2.75) is 32.2 Å². The first-order valence-corrected chi connectivity index (χ1v) is 11.4. The van der Waals surface area contributed by atoms with Crippen LogP contribution >= 0.6 is 12.4 Å². The number of hydrogen-bond acceptors (Lipinski definition) is 5. The van der Waals surface area contributed by atoms with Crippen LogP contribution in [-0.4, -0.2) is 23.6 Å². The van der Waals surface area contributed by atoms with Gasteiger partial charge in [-0.1, -0.05) is 24.3 Å². The van der Waals surface area contributed by atoms with Crippen molar-refractivity contribution >= 4 is 40.8 Å². The number of fused-ring (bicyclic) bond motifs is 1. The highest BCUT2D eigenvalue weighted by molar-refractivity contribution is 5.95. The number of benzene rings is 3. The molecule has 0 radical (unpaired) electrons. The summed E-state index contributed by atoms with van der Waals surface area (Å²) < 4.78 is 19.3. The number of para-hydroxylation sites is 1. The van der Waals surface area contributed by atoms with Crippen LogP contribution in [-0.2, 0) is 12.8 Å². The predicted octanol–water partition coefficient (Wildman–Crippen LogP) is 6.30. The van der Waals surface area contributed by atoms with Gasteiger partial charge in [0, 0.05) is 17.6 Å². The van der Waals surface area contributed by atoms with Crippen LogP contribution in [0.25, 0.3) is 10.9 Å². The van der Waals surface area contributed by atoms with Gasteiger partial charge in [-0.2, -0.15) is 4.98 Å². The molecule has 3 aromatic carbocycles. The molecule has 0 fully saturated rings. The summed E-state index contributed by atoms with van der Waals surface area (Å²) in [5, 5.41) is 4.29. The number of anilines is 3. The van der Waals surface area contributed by atoms with Crippen LogP contribution in [0.15, 0.2) is 54.6 Å². The molecule has 0 saturated carbocycles. The zero-order chi connectivity index (χ0) is 22.5. The lowest BCUT2D eigenvalue weighted by atomic mass is 9.93. The molecule has 0 amide bonds. The topological polar surface area (TPSA) is 50.3 Å². The van der Waals surface area contributed by atoms with E-state index in [0.717, 1.165) is 53.8 Å². The van der Waals surface area contributed by atoms with Crippen LogP contribution in [0.1, 0.15) is 34.7 Å². The van der Waals surface area contributed by atoms with Gasteiger partial charge >= 0.3 is 0 Å². The molecule has 1 atom stereocenters. The van der Waals surface area contributed by atoms with Crippen molar-refractivity contribution in [3.05, 3.63) is 82.7 Å². The summed E-state index contributed by atoms with van der Waals surface area (Å²) in [4.78, 5) is 12.2. The standard InChI is InChI=1S/C27H25FN4O.ClH/c1-16-15-19(28)10-11-21(16)29-27-30-25-20(7-4-8-23(25)33-2)26(31-27)32-14-13-18-6-3-5-17-9-12-22(32)24(17)18;/h3-8,10-11,15,22H,9,12-14H2,1-2H3,(H,29,30,31);1H. The van der Waals surface area contributed by atoms with Crippen molar-refractivity contribution in [3.8, 4) is 5.75 Å². The van der Waals surface area contributed by atoms with E-state index in [9.17, 15) is 4.39 Å². The molecule has 0 spiro atoms. The van der Waals surface area contributed by atoms with E-state index < -0.39 is 0 Å². The van der Waals surface area contributed by atoms with Crippen molar-refractivity contribution in [2.75, 3.05) is 23.9 Å². The fourth-order valence-electron chi connectivity index (χ4n) is 5.37. The van der Waals surface area contributed by atoms with Crippen molar-refractivity contribution in [3.63, 3.8) is 0 Å². The minimum Gasteiger partial charge on any atom is -0.494 e. The summed E-state index contributed by atoms with van der Waals surface area (Å²) in [7, 11) is 1.66. The number of methoxy groups -OCH3 is 1. The Morgan fingerprint density at radius 2 is 1.82 bits per heavy atom. The number of nitrogens with zero attached hydrogens (tertiary/aromatic N) is 3. The van der Waals surface area contributed by atoms with Crippen LogP contribution < -0.4 is 15.0 Å². The van der Waals surface area contributed by atoms with Crippen molar-refractivity contribution in [1.29, 1.82) is 0 Å². The van der Waals surface area contributed by atoms with E-state index in [1.807, 2.05) is 19.1 Å². The van der Waals surface area contributed by atoms with Crippen molar-refractivity contribution < 1.29 is 9.13 Å². The zero-order valence-electron chi connectivity index (χ0n) is 19.1. The molecule has 2 aliphatic rings. The SMILES string of the molecule is COc1cccc2c(N3CCc4cccc5c4C3CC5)nc(Nc3ccc(F)cc3C)nc12.Cl. The fourth-order valence-corrected chi connectivity index (χ4v) is 5.37. The highest BCUT2D eigenvalue weighted by Crippen LogP contribution is 2.45. The molecule has 7 heteroatoms. The minimum absolute atomic E-state index is 0. The van der Waals surface area contributed by atoms with E-state index in [0.29, 0.717) is 17.7 Å². The van der Waals surface area contributed by atoms with E-state index in [-0.39, 0.29) is 18.2 Å². The lowest BCUT2D eigenvalue weighted by molar-refractivity contribution is 0.419. The molecular weight excluding hydrogens is 451 g/mol. The van der Waals surface area contributed by atoms with Crippen LogP contribution in [0, 0.1) is 12.7 Å². The summed E-state index contributed by atoms with van der Waals surface area (Å²) in [5.41, 5.74) is 6.74. The Labute approximate surface area is 204 Å². The van der Waals surface area contributed by atoms with E-state index in [2.05, 4.69) is 34.5 Å². The van der Waals surface area contributed by atoms with Crippen LogP contribution in [0.4, 0.5) is 21.8 Å². The van der Waals surface area contributed by atoms with Crippen molar-refractivity contribution in [2.24, 2.45) is 0 Å². The Kier molecular flexibility index (Phi) is 5.78. The van der Waals surface area contributed by atoms with Gasteiger partial charge in [0.25, 0.3) is 0 Å². The summed E-state index contributed by atoms with van der Waals surface area (Å²) in [5.74, 6) is 1.84. The molecule has 0 saturated heterocycles. The molecule has 0 bridgehead atoms. The molecule has 5 nitrogen and oxygen atoms in total. The third-order valence-corrected chi connectivity index (χ3v) is 6.90. The number of ether oxygens (including phenoxy) is 1. The van der Waals surface area contributed by atoms with E-state index in [1.165, 1.54) is 28.8 Å². The highest BCUT2D eigenvalue weighted by Gasteiger charge is 2.35. The Morgan fingerprint density at radius 3 is 2.62 bits per heavy atom. The maximum absolute atomic E-state index is 13.6. The number of nitrogens with one attached hydrogen (secondary N) is 1. The number of hydrogen-bond donors (Lipinski definition) is 1. The maximum atomic E-state index is 13.6. The second kappa shape index (κ2) is 8.76. The number of halogens is 2. The number of rotatable bonds is 4. The smallest absolute Gasteiger partial charge is 0.229 e. The summed E-state index contributed by atoms with van der Waals surface area (Å²) in [6, 6.07) is 17.7. The molecule has 174 valence electrons. The molecule has 1 aliphatic heterocycles. The number of aromatic nitrogens is 2. The fraction of sp³-hybridized carbons (Fsp3) is 0.259. The molecule has 2 heterocycles. The van der Waals surface area contributed by atoms with Crippen LogP contribution in [0.3, 0.4) is 0 Å². The average molecular weight is 477 g/mol. The zero-order valence-corrected chi connectivity index (χ0v) is 20.0. The Hall–Kier alpha value is -3.38. The largest absolute Gasteiger partial charge is 0.494 e. The third-order valence-electron chi connectivity index (χ3n) is 6.90. The lowest BCUT2D eigenvalue weighted by Crippen LogP contribution is -2.35. The van der Waals surface area contributed by atoms with Gasteiger partial charge in [0.1, 0.15) is 22.9 Å². The lowest BCUT2D eigenvalue weighted by Gasteiger charge is -2.36. The molecular formula is C27H26ClFN4O. The first-order chi connectivity index (χ1) is 16.1. The van der Waals surface area contributed by atoms with Gasteiger partial charge in [-0.25, -0.2) is 9.37 Å². The Bertz CT molecular complexity index is 1390. The molecule has 1 aromatic heterocycles. The predicted molar refractivity (Wildman–Crippen MR) is 136 cm³/mol. The van der Waals surface area contributed by atoms with Crippen molar-refractivity contribution in [1.82, 2.24) is 9.97 Å². The number of aryl methyl sites for hydroxylation is 2. The monoisotopic (exact) mass is 476 g/mol. The second-order valence-electron chi connectivity index (χ2n) is 8.80. The van der Waals surface area contributed by atoms with Gasteiger partial charge in [0.15, 0.2) is 0 Å². The van der Waals surface area contributed by atoms with Gasteiger partial charge in [-0.3, -0.25) is 0 Å². The van der Waals surface area contributed by atoms with Crippen LogP contribution in [0.2, 0.25) is 0 Å². The summed E-state index contributed by atoms with van der Waals surface area (Å²) in [6.07, 6.45) is 3.17. The third kappa shape index (κ3) is 3.62. The molecule has 34 heavy (non-hydrogen) atoms. The van der Waals surface area contributed by atoms with Gasteiger partial charge in [-0.05, 0) is 78.8 Å². The van der Waals surface area contributed by atoms with Gasteiger partial charge in [-0.15, -0.1) is 12.4 Å². The van der Waals surface area contributed by atoms with Gasteiger partial charge in [0.05, 0.1) is 13.2 Å². The Morgan fingerprint density at radius 1 is 1.03 bits per heavy atom. The molecule has 1 N–H and O–H groups in total.